The zero-order valence-corrected chi connectivity index (χ0v) is 15.1. The van der Waals surface area contributed by atoms with E-state index in [0.717, 1.165) is 17.7 Å². The Morgan fingerprint density at radius 3 is 2.92 bits per heavy atom. The minimum absolute atomic E-state index is 0.0180. The van der Waals surface area contributed by atoms with Gasteiger partial charge in [0, 0.05) is 12.3 Å². The van der Waals surface area contributed by atoms with Crippen LogP contribution in [0, 0.1) is 0 Å². The van der Waals surface area contributed by atoms with Gasteiger partial charge in [-0.05, 0) is 17.7 Å². The number of hydrogen-bond acceptors (Lipinski definition) is 6. The Labute approximate surface area is 150 Å². The van der Waals surface area contributed by atoms with Crippen LogP contribution in [0.5, 0.6) is 0 Å². The fraction of sp³-hybridized carbons (Fsp3) is 0.412. The summed E-state index contributed by atoms with van der Waals surface area (Å²) >= 11 is 3.01. The zero-order valence-electron chi connectivity index (χ0n) is 13.5. The van der Waals surface area contributed by atoms with Gasteiger partial charge in [-0.3, -0.25) is 4.79 Å². The number of esters is 1. The summed E-state index contributed by atoms with van der Waals surface area (Å²) in [5.74, 6) is 1.39. The molecule has 1 saturated heterocycles. The highest BCUT2D eigenvalue weighted by Crippen LogP contribution is 2.29. The van der Waals surface area contributed by atoms with Crippen molar-refractivity contribution < 1.29 is 19.4 Å². The molecule has 5 nitrogen and oxygen atoms in total. The third kappa shape index (κ3) is 5.58. The summed E-state index contributed by atoms with van der Waals surface area (Å²) in [5, 5.41) is 10.7. The highest BCUT2D eigenvalue weighted by Gasteiger charge is 2.26. The van der Waals surface area contributed by atoms with Crippen LogP contribution >= 0.6 is 23.5 Å². The van der Waals surface area contributed by atoms with Crippen molar-refractivity contribution in [1.29, 1.82) is 0 Å². The number of carbonyl (C=O) groups excluding carboxylic acids is 2. The van der Waals surface area contributed by atoms with Crippen LogP contribution in [-0.2, 0) is 14.3 Å². The smallest absolute Gasteiger partial charge is 0.333 e. The van der Waals surface area contributed by atoms with Crippen molar-refractivity contribution in [3.05, 3.63) is 47.0 Å². The van der Waals surface area contributed by atoms with Crippen LogP contribution in [0.25, 0.3) is 0 Å². The van der Waals surface area contributed by atoms with Gasteiger partial charge < -0.3 is 14.7 Å². The number of nitrogens with zero attached hydrogens (tertiary/aromatic N) is 1. The first kappa shape index (κ1) is 18.9. The SMILES string of the molecule is COC(=O)/C=C1/SCC(=O)N1CCCSCC(O)c1ccccc1. The number of ether oxygens (including phenoxy) is 1. The lowest BCUT2D eigenvalue weighted by molar-refractivity contribution is -0.134. The van der Waals surface area contributed by atoms with Crippen molar-refractivity contribution in [2.45, 2.75) is 12.5 Å². The zero-order chi connectivity index (χ0) is 17.4. The van der Waals surface area contributed by atoms with E-state index in [4.69, 9.17) is 0 Å². The van der Waals surface area contributed by atoms with Crippen LogP contribution < -0.4 is 0 Å². The van der Waals surface area contributed by atoms with E-state index in [9.17, 15) is 14.7 Å². The molecule has 7 heteroatoms. The molecule has 24 heavy (non-hydrogen) atoms. The van der Waals surface area contributed by atoms with E-state index >= 15 is 0 Å². The fourth-order valence-corrected chi connectivity index (χ4v) is 4.09. The molecule has 0 spiro atoms. The summed E-state index contributed by atoms with van der Waals surface area (Å²) in [4.78, 5) is 24.8. The normalized spacial score (nSPS) is 17.3. The summed E-state index contributed by atoms with van der Waals surface area (Å²) in [5.41, 5.74) is 0.916. The average Bonchev–Trinajstić information content (AvgIpc) is 2.95. The van der Waals surface area contributed by atoms with Gasteiger partial charge in [0.1, 0.15) is 0 Å². The molecule has 1 aromatic rings. The number of carbonyl (C=O) groups is 2. The van der Waals surface area contributed by atoms with Crippen LogP contribution in [-0.4, -0.2) is 52.8 Å². The fourth-order valence-electron chi connectivity index (χ4n) is 2.22. The quantitative estimate of drug-likeness (QED) is 0.432. The number of hydrogen-bond donors (Lipinski definition) is 1. The molecule has 1 atom stereocenters. The molecule has 0 saturated carbocycles. The molecule has 0 aliphatic carbocycles. The molecule has 0 bridgehead atoms. The monoisotopic (exact) mass is 367 g/mol. The molecule has 1 amide bonds. The molecule has 130 valence electrons. The summed E-state index contributed by atoms with van der Waals surface area (Å²) in [6, 6.07) is 9.57. The van der Waals surface area contributed by atoms with Gasteiger partial charge in [-0.1, -0.05) is 42.1 Å². The number of thioether (sulfide) groups is 2. The van der Waals surface area contributed by atoms with E-state index in [-0.39, 0.29) is 5.91 Å². The van der Waals surface area contributed by atoms with Gasteiger partial charge in [0.25, 0.3) is 0 Å². The van der Waals surface area contributed by atoms with E-state index in [0.29, 0.717) is 23.1 Å². The molecule has 1 heterocycles. The molecule has 2 rings (SSSR count). The second kappa shape index (κ2) is 9.76. The van der Waals surface area contributed by atoms with Crippen LogP contribution in [0.3, 0.4) is 0 Å². The molecular weight excluding hydrogens is 346 g/mol. The third-order valence-electron chi connectivity index (χ3n) is 3.48. The van der Waals surface area contributed by atoms with Crippen molar-refractivity contribution in [1.82, 2.24) is 4.90 Å². The summed E-state index contributed by atoms with van der Waals surface area (Å²) in [6.07, 6.45) is 1.69. The summed E-state index contributed by atoms with van der Waals surface area (Å²) < 4.78 is 4.61. The van der Waals surface area contributed by atoms with E-state index in [1.54, 1.807) is 16.7 Å². The number of methoxy groups -OCH3 is 1. The van der Waals surface area contributed by atoms with E-state index in [1.807, 2.05) is 30.3 Å². The molecule has 1 unspecified atom stereocenters. The molecular formula is C17H21NO4S2. The van der Waals surface area contributed by atoms with Gasteiger partial charge >= 0.3 is 5.97 Å². The minimum atomic E-state index is -0.477. The maximum absolute atomic E-state index is 11.9. The molecule has 1 aliphatic rings. The van der Waals surface area contributed by atoms with Crippen molar-refractivity contribution >= 4 is 35.4 Å². The molecule has 1 aromatic carbocycles. The van der Waals surface area contributed by atoms with Crippen LogP contribution in [0.2, 0.25) is 0 Å². The maximum Gasteiger partial charge on any atom is 0.333 e. The van der Waals surface area contributed by atoms with Crippen LogP contribution in [0.15, 0.2) is 41.4 Å². The number of amides is 1. The predicted molar refractivity (Wildman–Crippen MR) is 97.6 cm³/mol. The Morgan fingerprint density at radius 2 is 2.21 bits per heavy atom. The second-order valence-corrected chi connectivity index (χ2v) is 7.34. The molecule has 0 radical (unpaired) electrons. The Kier molecular flexibility index (Phi) is 7.68. The highest BCUT2D eigenvalue weighted by atomic mass is 32.2. The first-order chi connectivity index (χ1) is 11.6. The number of rotatable bonds is 8. The van der Waals surface area contributed by atoms with Crippen molar-refractivity contribution in [2.75, 3.05) is 30.9 Å². The van der Waals surface area contributed by atoms with Crippen molar-refractivity contribution in [3.63, 3.8) is 0 Å². The largest absolute Gasteiger partial charge is 0.466 e. The number of aliphatic hydroxyl groups is 1. The van der Waals surface area contributed by atoms with Gasteiger partial charge in [-0.2, -0.15) is 11.8 Å². The Morgan fingerprint density at radius 1 is 1.46 bits per heavy atom. The first-order valence-electron chi connectivity index (χ1n) is 7.65. The van der Waals surface area contributed by atoms with Gasteiger partial charge in [0.05, 0.1) is 30.1 Å². The first-order valence-corrected chi connectivity index (χ1v) is 9.79. The lowest BCUT2D eigenvalue weighted by atomic mass is 10.1. The topological polar surface area (TPSA) is 66.8 Å². The molecule has 1 aliphatic heterocycles. The summed E-state index contributed by atoms with van der Waals surface area (Å²) in [6.45, 7) is 0.573. The molecule has 1 N–H and O–H groups in total. The molecule has 1 fully saturated rings. The average molecular weight is 367 g/mol. The standard InChI is InChI=1S/C17H21NO4S2/c1-22-17(21)10-16-18(15(20)12-24-16)8-5-9-23-11-14(19)13-6-3-2-4-7-13/h2-4,6-7,10,14,19H,5,8-9,11-12H2,1H3/b16-10+. The number of aliphatic hydroxyl groups excluding tert-OH is 1. The van der Waals surface area contributed by atoms with Crippen LogP contribution in [0.1, 0.15) is 18.1 Å². The van der Waals surface area contributed by atoms with E-state index in [1.165, 1.54) is 24.9 Å². The number of benzene rings is 1. The van der Waals surface area contributed by atoms with Gasteiger partial charge in [-0.25, -0.2) is 4.79 Å². The lowest BCUT2D eigenvalue weighted by Crippen LogP contribution is -2.26. The maximum atomic E-state index is 11.9. The Balaban J connectivity index is 1.72. The lowest BCUT2D eigenvalue weighted by Gasteiger charge is -2.17. The van der Waals surface area contributed by atoms with Gasteiger partial charge in [-0.15, -0.1) is 0 Å². The predicted octanol–water partition coefficient (Wildman–Crippen LogP) is 2.43. The van der Waals surface area contributed by atoms with Gasteiger partial charge in [0.15, 0.2) is 0 Å². The second-order valence-electron chi connectivity index (χ2n) is 5.19. The Bertz CT molecular complexity index is 592. The van der Waals surface area contributed by atoms with Crippen molar-refractivity contribution in [2.24, 2.45) is 0 Å². The van der Waals surface area contributed by atoms with Crippen molar-refractivity contribution in [3.8, 4) is 0 Å². The van der Waals surface area contributed by atoms with Gasteiger partial charge in [0.2, 0.25) is 5.91 Å². The Hall–Kier alpha value is -1.44. The van der Waals surface area contributed by atoms with Crippen LogP contribution in [0.4, 0.5) is 0 Å². The highest BCUT2D eigenvalue weighted by molar-refractivity contribution is 8.04. The molecule has 0 aromatic heterocycles. The van der Waals surface area contributed by atoms with E-state index < -0.39 is 12.1 Å². The minimum Gasteiger partial charge on any atom is -0.466 e. The summed E-state index contributed by atoms with van der Waals surface area (Å²) in [7, 11) is 1.32. The third-order valence-corrected chi connectivity index (χ3v) is 5.64. The van der Waals surface area contributed by atoms with E-state index in [2.05, 4.69) is 4.74 Å².